The van der Waals surface area contributed by atoms with Gasteiger partial charge in [0.2, 0.25) is 0 Å². The van der Waals surface area contributed by atoms with Crippen molar-refractivity contribution in [2.75, 3.05) is 6.61 Å². The van der Waals surface area contributed by atoms with Crippen LogP contribution >= 0.6 is 0 Å². The van der Waals surface area contributed by atoms with E-state index in [2.05, 4.69) is 0 Å². The summed E-state index contributed by atoms with van der Waals surface area (Å²) in [5.41, 5.74) is 2.14. The maximum Gasteiger partial charge on any atom is 0.173 e. The number of hydrogen-bond donors (Lipinski definition) is 0. The molecule has 2 nitrogen and oxygen atoms in total. The van der Waals surface area contributed by atoms with E-state index in [9.17, 15) is 4.79 Å². The highest BCUT2D eigenvalue weighted by Gasteiger charge is 2.29. The van der Waals surface area contributed by atoms with Gasteiger partial charge in [-0.2, -0.15) is 0 Å². The summed E-state index contributed by atoms with van der Waals surface area (Å²) in [6, 6.07) is 17.9. The fourth-order valence-electron chi connectivity index (χ4n) is 2.12. The van der Waals surface area contributed by atoms with Gasteiger partial charge in [-0.25, -0.2) is 0 Å². The lowest BCUT2D eigenvalue weighted by Crippen LogP contribution is -2.13. The summed E-state index contributed by atoms with van der Waals surface area (Å²) < 4.78 is 5.71. The van der Waals surface area contributed by atoms with Crippen LogP contribution < -0.4 is 4.74 Å². The van der Waals surface area contributed by atoms with Gasteiger partial charge in [-0.1, -0.05) is 48.5 Å². The number of carbonyl (C=O) groups excluding carboxylic acids is 1. The first kappa shape index (κ1) is 12.0. The first-order valence-electron chi connectivity index (χ1n) is 6.64. The lowest BCUT2D eigenvalue weighted by molar-refractivity contribution is -0.122. The molecule has 0 aliphatic heterocycles. The molecule has 0 bridgehead atoms. The van der Waals surface area contributed by atoms with Gasteiger partial charge < -0.3 is 4.74 Å². The van der Waals surface area contributed by atoms with E-state index in [1.807, 2.05) is 54.6 Å². The summed E-state index contributed by atoms with van der Waals surface area (Å²) in [5.74, 6) is 1.26. The predicted octanol–water partition coefficient (Wildman–Crippen LogP) is 3.71. The molecule has 0 radical (unpaired) electrons. The van der Waals surface area contributed by atoms with Gasteiger partial charge in [0.15, 0.2) is 5.78 Å². The second-order valence-corrected chi connectivity index (χ2v) is 4.89. The standard InChI is InChI=1S/C17H16O2/c18-16(14-10-11-14)12-19-17-9-5-4-8-15(17)13-6-2-1-3-7-13/h1-9,14H,10-12H2. The first-order valence-corrected chi connectivity index (χ1v) is 6.64. The van der Waals surface area contributed by atoms with Crippen LogP contribution in [-0.4, -0.2) is 12.4 Å². The lowest BCUT2D eigenvalue weighted by Gasteiger charge is -2.10. The van der Waals surface area contributed by atoms with Gasteiger partial charge in [0.25, 0.3) is 0 Å². The summed E-state index contributed by atoms with van der Waals surface area (Å²) >= 11 is 0. The van der Waals surface area contributed by atoms with Crippen molar-refractivity contribution in [2.24, 2.45) is 5.92 Å². The van der Waals surface area contributed by atoms with Crippen LogP contribution in [0.2, 0.25) is 0 Å². The summed E-state index contributed by atoms with van der Waals surface area (Å²) in [6.07, 6.45) is 2.06. The Kier molecular flexibility index (Phi) is 3.32. The van der Waals surface area contributed by atoms with Gasteiger partial charge in [0.05, 0.1) is 0 Å². The Morgan fingerprint density at radius 2 is 1.68 bits per heavy atom. The minimum Gasteiger partial charge on any atom is -0.485 e. The fourth-order valence-corrected chi connectivity index (χ4v) is 2.12. The molecule has 0 saturated heterocycles. The maximum atomic E-state index is 11.7. The Hall–Kier alpha value is -2.09. The van der Waals surface area contributed by atoms with Crippen LogP contribution in [0, 0.1) is 5.92 Å². The number of ketones is 1. The number of para-hydroxylation sites is 1. The van der Waals surface area contributed by atoms with Crippen LogP contribution in [0.1, 0.15) is 12.8 Å². The molecule has 19 heavy (non-hydrogen) atoms. The van der Waals surface area contributed by atoms with E-state index in [0.717, 1.165) is 29.7 Å². The summed E-state index contributed by atoms with van der Waals surface area (Å²) in [4.78, 5) is 11.7. The average Bonchev–Trinajstić information content (AvgIpc) is 3.31. The molecular formula is C17H16O2. The largest absolute Gasteiger partial charge is 0.485 e. The monoisotopic (exact) mass is 252 g/mol. The quantitative estimate of drug-likeness (QED) is 0.810. The number of carbonyl (C=O) groups is 1. The Bertz CT molecular complexity index is 571. The minimum atomic E-state index is 0.189. The zero-order chi connectivity index (χ0) is 13.1. The van der Waals surface area contributed by atoms with E-state index in [0.29, 0.717) is 0 Å². The van der Waals surface area contributed by atoms with Gasteiger partial charge in [-0.05, 0) is 24.5 Å². The lowest BCUT2D eigenvalue weighted by atomic mass is 10.1. The van der Waals surface area contributed by atoms with E-state index in [-0.39, 0.29) is 18.3 Å². The van der Waals surface area contributed by atoms with E-state index in [1.165, 1.54) is 0 Å². The topological polar surface area (TPSA) is 26.3 Å². The van der Waals surface area contributed by atoms with Crippen molar-refractivity contribution in [1.82, 2.24) is 0 Å². The molecule has 0 unspecified atom stereocenters. The summed E-state index contributed by atoms with van der Waals surface area (Å²) in [6.45, 7) is 0.189. The van der Waals surface area contributed by atoms with Crippen molar-refractivity contribution in [2.45, 2.75) is 12.8 Å². The summed E-state index contributed by atoms with van der Waals surface area (Å²) in [7, 11) is 0. The van der Waals surface area contributed by atoms with E-state index >= 15 is 0 Å². The van der Waals surface area contributed by atoms with Gasteiger partial charge in [-0.3, -0.25) is 4.79 Å². The first-order chi connectivity index (χ1) is 9.34. The van der Waals surface area contributed by atoms with Crippen molar-refractivity contribution in [3.63, 3.8) is 0 Å². The molecule has 0 spiro atoms. The zero-order valence-electron chi connectivity index (χ0n) is 10.7. The van der Waals surface area contributed by atoms with Crippen LogP contribution in [0.3, 0.4) is 0 Å². The second kappa shape index (κ2) is 5.27. The minimum absolute atomic E-state index is 0.189. The molecule has 0 heterocycles. The van der Waals surface area contributed by atoms with E-state index in [1.54, 1.807) is 0 Å². The average molecular weight is 252 g/mol. The smallest absolute Gasteiger partial charge is 0.173 e. The normalized spacial score (nSPS) is 14.1. The molecule has 1 saturated carbocycles. The molecular weight excluding hydrogens is 236 g/mol. The predicted molar refractivity (Wildman–Crippen MR) is 75.1 cm³/mol. The van der Waals surface area contributed by atoms with Crippen LogP contribution in [0.25, 0.3) is 11.1 Å². The molecule has 0 aromatic heterocycles. The number of rotatable bonds is 5. The molecule has 0 N–H and O–H groups in total. The number of ether oxygens (including phenoxy) is 1. The molecule has 0 atom stereocenters. The molecule has 1 aliphatic carbocycles. The van der Waals surface area contributed by atoms with Gasteiger partial charge in [-0.15, -0.1) is 0 Å². The van der Waals surface area contributed by atoms with Crippen LogP contribution in [0.15, 0.2) is 54.6 Å². The molecule has 2 aromatic carbocycles. The van der Waals surface area contributed by atoms with Gasteiger partial charge in [0.1, 0.15) is 12.4 Å². The maximum absolute atomic E-state index is 11.7. The van der Waals surface area contributed by atoms with Crippen molar-refractivity contribution >= 4 is 5.78 Å². The van der Waals surface area contributed by atoms with Crippen molar-refractivity contribution in [3.8, 4) is 16.9 Å². The molecule has 0 amide bonds. The highest BCUT2D eigenvalue weighted by Crippen LogP contribution is 2.32. The van der Waals surface area contributed by atoms with Crippen LogP contribution in [0.5, 0.6) is 5.75 Å². The molecule has 1 aliphatic rings. The van der Waals surface area contributed by atoms with Gasteiger partial charge >= 0.3 is 0 Å². The van der Waals surface area contributed by atoms with E-state index < -0.39 is 0 Å². The number of hydrogen-bond acceptors (Lipinski definition) is 2. The summed E-state index contributed by atoms with van der Waals surface area (Å²) in [5, 5.41) is 0. The third-order valence-electron chi connectivity index (χ3n) is 3.37. The zero-order valence-corrected chi connectivity index (χ0v) is 10.7. The molecule has 3 rings (SSSR count). The SMILES string of the molecule is O=C(COc1ccccc1-c1ccccc1)C1CC1. The number of Topliss-reactive ketones (excluding diaryl/α,β-unsaturated/α-hetero) is 1. The van der Waals surface area contributed by atoms with Crippen LogP contribution in [0.4, 0.5) is 0 Å². The van der Waals surface area contributed by atoms with Crippen molar-refractivity contribution in [3.05, 3.63) is 54.6 Å². The third kappa shape index (κ3) is 2.84. The Morgan fingerprint density at radius 3 is 2.42 bits per heavy atom. The third-order valence-corrected chi connectivity index (χ3v) is 3.37. The second-order valence-electron chi connectivity index (χ2n) is 4.89. The van der Waals surface area contributed by atoms with Gasteiger partial charge in [0, 0.05) is 11.5 Å². The number of benzene rings is 2. The van der Waals surface area contributed by atoms with Crippen LogP contribution in [-0.2, 0) is 4.79 Å². The fraction of sp³-hybridized carbons (Fsp3) is 0.235. The molecule has 96 valence electrons. The molecule has 2 heteroatoms. The Morgan fingerprint density at radius 1 is 1.00 bits per heavy atom. The van der Waals surface area contributed by atoms with Crippen molar-refractivity contribution < 1.29 is 9.53 Å². The molecule has 2 aromatic rings. The van der Waals surface area contributed by atoms with Crippen molar-refractivity contribution in [1.29, 1.82) is 0 Å². The van der Waals surface area contributed by atoms with E-state index in [4.69, 9.17) is 4.74 Å². The molecule has 1 fully saturated rings. The Balaban J connectivity index is 1.79. The Labute approximate surface area is 113 Å². The highest BCUT2D eigenvalue weighted by molar-refractivity contribution is 5.84. The highest BCUT2D eigenvalue weighted by atomic mass is 16.5.